The first-order chi connectivity index (χ1) is 11.8. The van der Waals surface area contributed by atoms with Gasteiger partial charge in [-0.25, -0.2) is 13.8 Å². The molecule has 0 atom stereocenters. The third kappa shape index (κ3) is 4.90. The maximum atomic E-state index is 13.0. The molecule has 0 bridgehead atoms. The lowest BCUT2D eigenvalue weighted by Gasteiger charge is -2.23. The number of hydrogen-bond acceptors (Lipinski definition) is 4. The number of para-hydroxylation sites is 1. The topological polar surface area (TPSA) is 78.8 Å². The van der Waals surface area contributed by atoms with E-state index >= 15 is 0 Å². The molecule has 0 spiro atoms. The molecule has 0 radical (unpaired) electrons. The van der Waals surface area contributed by atoms with Gasteiger partial charge in [0.15, 0.2) is 0 Å². The minimum absolute atomic E-state index is 0.130. The molecule has 0 fully saturated rings. The van der Waals surface area contributed by atoms with Crippen LogP contribution in [0.3, 0.4) is 0 Å². The van der Waals surface area contributed by atoms with Crippen molar-refractivity contribution < 1.29 is 13.2 Å². The van der Waals surface area contributed by atoms with E-state index in [1.807, 2.05) is 6.92 Å². The van der Waals surface area contributed by atoms with Gasteiger partial charge in [0.1, 0.15) is 6.54 Å². The van der Waals surface area contributed by atoms with Crippen molar-refractivity contribution in [2.75, 3.05) is 10.8 Å². The van der Waals surface area contributed by atoms with Crippen molar-refractivity contribution in [2.45, 2.75) is 25.7 Å². The highest BCUT2D eigenvalue weighted by Gasteiger charge is 2.26. The van der Waals surface area contributed by atoms with Gasteiger partial charge in [0.25, 0.3) is 15.9 Å². The number of anilines is 1. The molecule has 1 amide bonds. The second kappa shape index (κ2) is 7.94. The number of aryl methyl sites for hydroxylation is 1. The average Bonchev–Trinajstić information content (AvgIpc) is 2.59. The van der Waals surface area contributed by atoms with Crippen LogP contribution in [-0.4, -0.2) is 26.6 Å². The molecule has 1 N–H and O–H groups in total. The molecular weight excluding hydrogens is 338 g/mol. The Morgan fingerprint density at radius 2 is 1.64 bits per heavy atom. The quantitative estimate of drug-likeness (QED) is 0.636. The zero-order chi connectivity index (χ0) is 18.4. The number of sulfonamides is 1. The molecule has 132 valence electrons. The molecule has 0 aliphatic carbocycles. The van der Waals surface area contributed by atoms with Crippen LogP contribution in [0.15, 0.2) is 64.6 Å². The van der Waals surface area contributed by atoms with Crippen LogP contribution < -0.4 is 9.73 Å². The monoisotopic (exact) mass is 359 g/mol. The van der Waals surface area contributed by atoms with Crippen LogP contribution in [-0.2, 0) is 14.8 Å². The molecular formula is C18H21N3O3S. The molecule has 0 heterocycles. The minimum atomic E-state index is -3.88. The Hall–Kier alpha value is -2.67. The molecule has 0 aliphatic rings. The first kappa shape index (κ1) is 18.7. The molecule has 7 heteroatoms. The zero-order valence-corrected chi connectivity index (χ0v) is 15.2. The average molecular weight is 359 g/mol. The summed E-state index contributed by atoms with van der Waals surface area (Å²) in [5.41, 5.74) is 4.39. The fourth-order valence-electron chi connectivity index (χ4n) is 2.09. The largest absolute Gasteiger partial charge is 0.271 e. The van der Waals surface area contributed by atoms with Crippen molar-refractivity contribution in [1.82, 2.24) is 5.43 Å². The summed E-state index contributed by atoms with van der Waals surface area (Å²) in [7, 11) is -3.88. The van der Waals surface area contributed by atoms with Gasteiger partial charge >= 0.3 is 0 Å². The molecule has 2 aromatic rings. The van der Waals surface area contributed by atoms with Gasteiger partial charge in [-0.2, -0.15) is 5.10 Å². The number of hydrogen-bond donors (Lipinski definition) is 1. The predicted octanol–water partition coefficient (Wildman–Crippen LogP) is 2.70. The van der Waals surface area contributed by atoms with Gasteiger partial charge in [-0.15, -0.1) is 0 Å². The summed E-state index contributed by atoms with van der Waals surface area (Å²) in [6.45, 7) is 4.98. The molecule has 0 saturated heterocycles. The van der Waals surface area contributed by atoms with Gasteiger partial charge < -0.3 is 0 Å². The molecule has 0 aliphatic heterocycles. The van der Waals surface area contributed by atoms with Gasteiger partial charge in [0.2, 0.25) is 0 Å². The van der Waals surface area contributed by atoms with E-state index in [2.05, 4.69) is 10.5 Å². The highest BCUT2D eigenvalue weighted by atomic mass is 32.2. The first-order valence-electron chi connectivity index (χ1n) is 7.75. The first-order valence-corrected chi connectivity index (χ1v) is 9.19. The highest BCUT2D eigenvalue weighted by Crippen LogP contribution is 2.23. The maximum Gasteiger partial charge on any atom is 0.264 e. The number of carbonyl (C=O) groups excluding carboxylic acids is 1. The number of nitrogens with one attached hydrogen (secondary N) is 1. The minimum Gasteiger partial charge on any atom is -0.271 e. The molecule has 2 rings (SSSR count). The molecule has 2 aromatic carbocycles. The predicted molar refractivity (Wildman–Crippen MR) is 99.1 cm³/mol. The Morgan fingerprint density at radius 3 is 2.20 bits per heavy atom. The van der Waals surface area contributed by atoms with E-state index < -0.39 is 15.9 Å². The standard InChI is InChI=1S/C18H21N3O3S/c1-14(2)19-20-18(22)13-21(16-7-5-4-6-8-16)25(23,24)17-11-9-15(3)10-12-17/h4-12H,13H2,1-3H3,(H,20,22). The van der Waals surface area contributed by atoms with E-state index in [4.69, 9.17) is 0 Å². The normalized spacial score (nSPS) is 10.8. The smallest absolute Gasteiger partial charge is 0.264 e. The Kier molecular flexibility index (Phi) is 5.93. The van der Waals surface area contributed by atoms with Crippen LogP contribution in [0, 0.1) is 6.92 Å². The van der Waals surface area contributed by atoms with Crippen LogP contribution >= 0.6 is 0 Å². The second-order valence-corrected chi connectivity index (χ2v) is 7.62. The molecule has 6 nitrogen and oxygen atoms in total. The molecule has 25 heavy (non-hydrogen) atoms. The third-order valence-electron chi connectivity index (χ3n) is 3.34. The Morgan fingerprint density at radius 1 is 1.04 bits per heavy atom. The lowest BCUT2D eigenvalue weighted by molar-refractivity contribution is -0.119. The summed E-state index contributed by atoms with van der Waals surface area (Å²) >= 11 is 0. The summed E-state index contributed by atoms with van der Waals surface area (Å²) in [5.74, 6) is -0.513. The van der Waals surface area contributed by atoms with Crippen LogP contribution in [0.1, 0.15) is 19.4 Å². The number of amides is 1. The van der Waals surface area contributed by atoms with E-state index in [0.717, 1.165) is 9.87 Å². The summed E-state index contributed by atoms with van der Waals surface area (Å²) in [6.07, 6.45) is 0. The number of carbonyl (C=O) groups is 1. The van der Waals surface area contributed by atoms with Crippen molar-refractivity contribution in [3.8, 4) is 0 Å². The molecule has 0 aromatic heterocycles. The molecule has 0 saturated carbocycles. The van der Waals surface area contributed by atoms with Crippen molar-refractivity contribution in [3.05, 3.63) is 60.2 Å². The van der Waals surface area contributed by atoms with Crippen molar-refractivity contribution >= 4 is 27.3 Å². The van der Waals surface area contributed by atoms with Gasteiger partial charge in [-0.05, 0) is 45.0 Å². The summed E-state index contributed by atoms with van der Waals surface area (Å²) in [5, 5.41) is 3.83. The van der Waals surface area contributed by atoms with Gasteiger partial charge in [0, 0.05) is 5.71 Å². The number of benzene rings is 2. The second-order valence-electron chi connectivity index (χ2n) is 5.75. The van der Waals surface area contributed by atoms with Crippen molar-refractivity contribution in [2.24, 2.45) is 5.10 Å². The molecule has 0 unspecified atom stereocenters. The van der Waals surface area contributed by atoms with E-state index in [9.17, 15) is 13.2 Å². The van der Waals surface area contributed by atoms with E-state index in [1.165, 1.54) is 12.1 Å². The fourth-order valence-corrected chi connectivity index (χ4v) is 3.51. The number of nitrogens with zero attached hydrogens (tertiary/aromatic N) is 2. The summed E-state index contributed by atoms with van der Waals surface area (Å²) in [6, 6.07) is 15.0. The van der Waals surface area contributed by atoms with Gasteiger partial charge in [-0.3, -0.25) is 9.10 Å². The summed E-state index contributed by atoms with van der Waals surface area (Å²) in [4.78, 5) is 12.3. The zero-order valence-electron chi connectivity index (χ0n) is 14.4. The van der Waals surface area contributed by atoms with E-state index in [0.29, 0.717) is 11.4 Å². The highest BCUT2D eigenvalue weighted by molar-refractivity contribution is 7.92. The lowest BCUT2D eigenvalue weighted by Crippen LogP contribution is -2.39. The maximum absolute atomic E-state index is 13.0. The fraction of sp³-hybridized carbons (Fsp3) is 0.222. The Bertz CT molecular complexity index is 856. The third-order valence-corrected chi connectivity index (χ3v) is 5.13. The lowest BCUT2D eigenvalue weighted by atomic mass is 10.2. The number of hydrazone groups is 1. The van der Waals surface area contributed by atoms with E-state index in [-0.39, 0.29) is 11.4 Å². The SMILES string of the molecule is CC(C)=NNC(=O)CN(c1ccccc1)S(=O)(=O)c1ccc(C)cc1. The Balaban J connectivity index is 2.39. The summed E-state index contributed by atoms with van der Waals surface area (Å²) < 4.78 is 27.1. The van der Waals surface area contributed by atoms with Crippen molar-refractivity contribution in [1.29, 1.82) is 0 Å². The van der Waals surface area contributed by atoms with Crippen LogP contribution in [0.2, 0.25) is 0 Å². The van der Waals surface area contributed by atoms with E-state index in [1.54, 1.807) is 56.3 Å². The van der Waals surface area contributed by atoms with Crippen LogP contribution in [0.25, 0.3) is 0 Å². The van der Waals surface area contributed by atoms with Crippen LogP contribution in [0.5, 0.6) is 0 Å². The Labute approximate surface area is 148 Å². The van der Waals surface area contributed by atoms with Crippen LogP contribution in [0.4, 0.5) is 5.69 Å². The van der Waals surface area contributed by atoms with Gasteiger partial charge in [-0.1, -0.05) is 35.9 Å². The van der Waals surface area contributed by atoms with Gasteiger partial charge in [0.05, 0.1) is 10.6 Å². The van der Waals surface area contributed by atoms with Crippen molar-refractivity contribution in [3.63, 3.8) is 0 Å². The number of rotatable bonds is 6.